The summed E-state index contributed by atoms with van der Waals surface area (Å²) in [4.78, 5) is 53.7. The van der Waals surface area contributed by atoms with Crippen molar-refractivity contribution in [1.29, 1.82) is 0 Å². The van der Waals surface area contributed by atoms with Crippen molar-refractivity contribution < 1.29 is 39.3 Å². The van der Waals surface area contributed by atoms with Crippen molar-refractivity contribution in [3.05, 3.63) is 0 Å². The van der Waals surface area contributed by atoms with Gasteiger partial charge in [-0.3, -0.25) is 33.8 Å². The van der Waals surface area contributed by atoms with Crippen LogP contribution in [0.25, 0.3) is 0 Å². The summed E-state index contributed by atoms with van der Waals surface area (Å²) in [5.41, 5.74) is 0. The predicted molar refractivity (Wildman–Crippen MR) is 105 cm³/mol. The van der Waals surface area contributed by atoms with E-state index in [1.165, 1.54) is 7.05 Å². The first-order valence-corrected chi connectivity index (χ1v) is 8.70. The van der Waals surface area contributed by atoms with Gasteiger partial charge < -0.3 is 31.3 Å². The number of nitrogens with zero attached hydrogens (tertiary/aromatic N) is 2. The lowest BCUT2D eigenvalue weighted by atomic mass is 10.4. The zero-order valence-electron chi connectivity index (χ0n) is 17.1. The van der Waals surface area contributed by atoms with Gasteiger partial charge in [-0.15, -0.1) is 0 Å². The van der Waals surface area contributed by atoms with Gasteiger partial charge in [0.25, 0.3) is 12.9 Å². The minimum absolute atomic E-state index is 0.0231. The second kappa shape index (κ2) is 23.3. The van der Waals surface area contributed by atoms with Gasteiger partial charge in [0.05, 0.1) is 19.6 Å². The summed E-state index contributed by atoms with van der Waals surface area (Å²) in [6, 6.07) is 0. The highest BCUT2D eigenvalue weighted by atomic mass is 16.4. The number of amides is 2. The van der Waals surface area contributed by atoms with Gasteiger partial charge in [-0.05, 0) is 6.54 Å². The van der Waals surface area contributed by atoms with Gasteiger partial charge in [0.2, 0.25) is 11.8 Å². The summed E-state index contributed by atoms with van der Waals surface area (Å²) < 4.78 is 0. The van der Waals surface area contributed by atoms with Crippen LogP contribution in [0.5, 0.6) is 0 Å². The third kappa shape index (κ3) is 25.2. The Morgan fingerprint density at radius 2 is 1.21 bits per heavy atom. The normalized spacial score (nSPS) is 9.41. The molecule has 0 radical (unpaired) electrons. The van der Waals surface area contributed by atoms with Crippen LogP contribution in [0.15, 0.2) is 0 Å². The Hall–Kier alpha value is -2.77. The van der Waals surface area contributed by atoms with Gasteiger partial charge in [-0.1, -0.05) is 6.92 Å². The zero-order chi connectivity index (χ0) is 23.1. The number of likely N-dealkylation sites (N-methyl/N-ethyl adjacent to an activating group) is 3. The number of carboxylic acid groups (broad SMARTS) is 3. The molecule has 0 aromatic carbocycles. The van der Waals surface area contributed by atoms with E-state index in [1.54, 1.807) is 11.9 Å². The number of rotatable bonds is 13. The lowest BCUT2D eigenvalue weighted by molar-refractivity contribution is -0.138. The number of carboxylic acids is 1. The first-order chi connectivity index (χ1) is 13.7. The van der Waals surface area contributed by atoms with Crippen LogP contribution in [-0.4, -0.2) is 122 Å². The van der Waals surface area contributed by atoms with E-state index in [9.17, 15) is 14.4 Å². The highest BCUT2D eigenvalue weighted by molar-refractivity contribution is 5.78. The van der Waals surface area contributed by atoms with Crippen LogP contribution in [0.4, 0.5) is 0 Å². The van der Waals surface area contributed by atoms with Gasteiger partial charge in [0.1, 0.15) is 0 Å². The number of aliphatic carboxylic acids is 1. The largest absolute Gasteiger partial charge is 0.483 e. The van der Waals surface area contributed by atoms with Crippen LogP contribution in [0.2, 0.25) is 0 Å². The molecule has 0 aliphatic carbocycles. The molecule has 0 unspecified atom stereocenters. The fourth-order valence-electron chi connectivity index (χ4n) is 1.92. The van der Waals surface area contributed by atoms with E-state index in [1.807, 2.05) is 11.8 Å². The smallest absolute Gasteiger partial charge is 0.317 e. The molecule has 170 valence electrons. The Bertz CT molecular complexity index is 459. The van der Waals surface area contributed by atoms with Crippen molar-refractivity contribution in [3.8, 4) is 0 Å². The topological polar surface area (TPSA) is 189 Å². The third-order valence-electron chi connectivity index (χ3n) is 3.31. The second-order valence-electron chi connectivity index (χ2n) is 5.28. The average Bonchev–Trinajstić information content (AvgIpc) is 2.67. The quantitative estimate of drug-likeness (QED) is 0.132. The molecule has 13 nitrogen and oxygen atoms in total. The predicted octanol–water partition coefficient (Wildman–Crippen LogP) is -2.82. The van der Waals surface area contributed by atoms with Crippen molar-refractivity contribution in [2.75, 3.05) is 66.5 Å². The monoisotopic (exact) mass is 423 g/mol. The minimum Gasteiger partial charge on any atom is -0.483 e. The molecule has 0 fully saturated rings. The Morgan fingerprint density at radius 1 is 0.828 bits per heavy atom. The minimum atomic E-state index is -0.961. The van der Waals surface area contributed by atoms with Gasteiger partial charge in [0, 0.05) is 40.3 Å². The second-order valence-corrected chi connectivity index (χ2v) is 5.28. The van der Waals surface area contributed by atoms with Crippen molar-refractivity contribution in [2.24, 2.45) is 0 Å². The summed E-state index contributed by atoms with van der Waals surface area (Å²) in [7, 11) is 3.13. The van der Waals surface area contributed by atoms with Crippen LogP contribution >= 0.6 is 0 Å². The lowest BCUT2D eigenvalue weighted by Crippen LogP contribution is -2.43. The number of hydrogen-bond donors (Lipinski definition) is 6. The van der Waals surface area contributed by atoms with Gasteiger partial charge in [-0.2, -0.15) is 0 Å². The summed E-state index contributed by atoms with van der Waals surface area (Å²) in [5.74, 6) is -1.20. The molecule has 0 aromatic rings. The first-order valence-electron chi connectivity index (χ1n) is 8.70. The molecule has 0 saturated carbocycles. The van der Waals surface area contributed by atoms with Crippen LogP contribution < -0.4 is 16.0 Å². The fourth-order valence-corrected chi connectivity index (χ4v) is 1.92. The maximum absolute atomic E-state index is 11.3. The molecule has 13 heteroatoms. The molecule has 0 saturated heterocycles. The number of carbonyl (C=O) groups excluding carboxylic acids is 2. The lowest BCUT2D eigenvalue weighted by Gasteiger charge is -2.21. The fraction of sp³-hybridized carbons (Fsp3) is 0.688. The van der Waals surface area contributed by atoms with Crippen molar-refractivity contribution >= 4 is 30.7 Å². The molecule has 6 N–H and O–H groups in total. The SMILES string of the molecule is CCN(CCNCCN(CC(=O)O)CC(=O)NC)CC(=O)NC.O=CO.O=CO. The first kappa shape index (κ1) is 30.9. The van der Waals surface area contributed by atoms with Gasteiger partial charge >= 0.3 is 5.97 Å². The van der Waals surface area contributed by atoms with E-state index in [2.05, 4.69) is 16.0 Å². The van der Waals surface area contributed by atoms with Crippen molar-refractivity contribution in [3.63, 3.8) is 0 Å². The van der Waals surface area contributed by atoms with E-state index < -0.39 is 5.97 Å². The molecular weight excluding hydrogens is 390 g/mol. The molecule has 0 atom stereocenters. The molecule has 0 aliphatic rings. The standard InChI is InChI=1S/C14H29N5O4.2CH2O2/c1-4-18(9-12(20)15-2)7-5-17-6-8-19(11-14(22)23)10-13(21)16-3;2*2-1-3/h17H,4-11H2,1-3H3,(H,15,20)(H,16,21)(H,22,23);2*1H,(H,2,3). The van der Waals surface area contributed by atoms with E-state index >= 15 is 0 Å². The molecule has 0 rings (SSSR count). The highest BCUT2D eigenvalue weighted by Crippen LogP contribution is 1.89. The molecular formula is C16H33N5O8. The Balaban J connectivity index is -0.000000993. The van der Waals surface area contributed by atoms with E-state index in [0.29, 0.717) is 26.2 Å². The van der Waals surface area contributed by atoms with Crippen molar-refractivity contribution in [1.82, 2.24) is 25.8 Å². The Labute approximate surface area is 170 Å². The molecule has 0 heterocycles. The third-order valence-corrected chi connectivity index (χ3v) is 3.31. The summed E-state index contributed by atoms with van der Waals surface area (Å²) in [5, 5.41) is 30.9. The van der Waals surface area contributed by atoms with Crippen LogP contribution in [0.1, 0.15) is 6.92 Å². The van der Waals surface area contributed by atoms with E-state index in [0.717, 1.165) is 13.1 Å². The van der Waals surface area contributed by atoms with Gasteiger partial charge in [0.15, 0.2) is 0 Å². The average molecular weight is 423 g/mol. The summed E-state index contributed by atoms with van der Waals surface area (Å²) in [6.45, 7) is 4.94. The number of hydrogen-bond acceptors (Lipinski definition) is 8. The number of carbonyl (C=O) groups is 5. The molecule has 29 heavy (non-hydrogen) atoms. The summed E-state index contributed by atoms with van der Waals surface area (Å²) in [6.07, 6.45) is 0. The van der Waals surface area contributed by atoms with Crippen molar-refractivity contribution in [2.45, 2.75) is 6.92 Å². The summed E-state index contributed by atoms with van der Waals surface area (Å²) >= 11 is 0. The highest BCUT2D eigenvalue weighted by Gasteiger charge is 2.13. The van der Waals surface area contributed by atoms with Crippen LogP contribution in [0, 0.1) is 0 Å². The van der Waals surface area contributed by atoms with E-state index in [4.69, 9.17) is 24.9 Å². The Morgan fingerprint density at radius 3 is 1.55 bits per heavy atom. The molecule has 0 aliphatic heterocycles. The molecule has 2 amide bonds. The zero-order valence-corrected chi connectivity index (χ0v) is 17.1. The molecule has 0 bridgehead atoms. The Kier molecular flexibility index (Phi) is 24.8. The van der Waals surface area contributed by atoms with E-state index in [-0.39, 0.29) is 37.8 Å². The van der Waals surface area contributed by atoms with Gasteiger partial charge in [-0.25, -0.2) is 0 Å². The number of nitrogens with one attached hydrogen (secondary N) is 3. The molecule has 0 aromatic heterocycles. The maximum atomic E-state index is 11.3. The molecule has 0 spiro atoms. The maximum Gasteiger partial charge on any atom is 0.317 e. The van der Waals surface area contributed by atoms with Crippen LogP contribution in [-0.2, 0) is 24.0 Å². The van der Waals surface area contributed by atoms with Crippen LogP contribution in [0.3, 0.4) is 0 Å².